The molecule has 1 aromatic carbocycles. The highest BCUT2D eigenvalue weighted by Gasteiger charge is 2.16. The monoisotopic (exact) mass is 289 g/mol. The first kappa shape index (κ1) is 14.3. The number of carbonyl (C=O) groups is 2. The fourth-order valence-electron chi connectivity index (χ4n) is 1.75. The highest BCUT2D eigenvalue weighted by Crippen LogP contribution is 2.12. The minimum absolute atomic E-state index is 0.0215. The number of aromatic nitrogens is 2. The molecule has 0 saturated carbocycles. The van der Waals surface area contributed by atoms with Crippen molar-refractivity contribution in [2.24, 2.45) is 0 Å². The second-order valence-corrected chi connectivity index (χ2v) is 5.02. The molecule has 0 aliphatic rings. The van der Waals surface area contributed by atoms with E-state index < -0.39 is 0 Å². The first-order valence-electron chi connectivity index (χ1n) is 6.40. The smallest absolute Gasteiger partial charge is 0.265 e. The maximum absolute atomic E-state index is 12.0. The topological polar surface area (TPSA) is 72.0 Å². The van der Waals surface area contributed by atoms with Crippen LogP contribution in [0.5, 0.6) is 0 Å². The lowest BCUT2D eigenvalue weighted by atomic mass is 10.1. The molecule has 1 amide bonds. The molecule has 0 bridgehead atoms. The Morgan fingerprint density at radius 3 is 2.70 bits per heavy atom. The number of rotatable bonds is 6. The molecule has 1 N–H and O–H groups in total. The van der Waals surface area contributed by atoms with Gasteiger partial charge in [0.1, 0.15) is 4.88 Å². The highest BCUT2D eigenvalue weighted by molar-refractivity contribution is 7.08. The molecule has 6 heteroatoms. The molecule has 0 saturated heterocycles. The summed E-state index contributed by atoms with van der Waals surface area (Å²) in [5.41, 5.74) is 1.28. The zero-order valence-corrected chi connectivity index (χ0v) is 11.9. The van der Waals surface area contributed by atoms with Crippen molar-refractivity contribution in [1.29, 1.82) is 0 Å². The van der Waals surface area contributed by atoms with Crippen molar-refractivity contribution >= 4 is 23.2 Å². The number of hydrogen-bond donors (Lipinski definition) is 1. The minimum atomic E-state index is -0.285. The molecule has 0 radical (unpaired) electrons. The Kier molecular flexibility index (Phi) is 4.95. The molecule has 0 aliphatic carbocycles. The van der Waals surface area contributed by atoms with Gasteiger partial charge in [-0.2, -0.15) is 0 Å². The summed E-state index contributed by atoms with van der Waals surface area (Å²) < 4.78 is 3.79. The van der Waals surface area contributed by atoms with Gasteiger partial charge in [0.15, 0.2) is 5.78 Å². The van der Waals surface area contributed by atoms with Gasteiger partial charge in [-0.3, -0.25) is 9.59 Å². The van der Waals surface area contributed by atoms with Crippen LogP contribution in [-0.4, -0.2) is 27.8 Å². The van der Waals surface area contributed by atoms with Gasteiger partial charge in [-0.1, -0.05) is 48.2 Å². The van der Waals surface area contributed by atoms with Crippen LogP contribution in [-0.2, 0) is 6.42 Å². The van der Waals surface area contributed by atoms with Crippen molar-refractivity contribution in [1.82, 2.24) is 14.9 Å². The number of aryl methyl sites for hydroxylation is 1. The van der Waals surface area contributed by atoms with Crippen LogP contribution in [0.1, 0.15) is 39.1 Å². The van der Waals surface area contributed by atoms with Crippen molar-refractivity contribution in [3.05, 3.63) is 46.5 Å². The van der Waals surface area contributed by atoms with E-state index in [1.165, 1.54) is 0 Å². The second kappa shape index (κ2) is 6.91. The van der Waals surface area contributed by atoms with Crippen molar-refractivity contribution < 1.29 is 9.59 Å². The number of hydrogen-bond acceptors (Lipinski definition) is 5. The van der Waals surface area contributed by atoms with Crippen molar-refractivity contribution in [3.63, 3.8) is 0 Å². The van der Waals surface area contributed by atoms with Gasteiger partial charge in [-0.25, -0.2) is 0 Å². The van der Waals surface area contributed by atoms with Gasteiger partial charge in [0.05, 0.1) is 12.2 Å². The molecule has 2 aromatic rings. The van der Waals surface area contributed by atoms with Gasteiger partial charge in [-0.05, 0) is 18.0 Å². The zero-order valence-electron chi connectivity index (χ0n) is 11.1. The number of Topliss-reactive ketones (excluding diaryl/α,β-unsaturated/α-hetero) is 1. The van der Waals surface area contributed by atoms with Gasteiger partial charge < -0.3 is 5.32 Å². The van der Waals surface area contributed by atoms with Crippen LogP contribution in [0.3, 0.4) is 0 Å². The summed E-state index contributed by atoms with van der Waals surface area (Å²) in [5.74, 6) is -0.402. The molecule has 5 nitrogen and oxygen atoms in total. The summed E-state index contributed by atoms with van der Waals surface area (Å²) in [6.07, 6.45) is 1.61. The largest absolute Gasteiger partial charge is 0.344 e. The molecular weight excluding hydrogens is 274 g/mol. The SMILES string of the molecule is CCCc1nnsc1C(=O)NCC(=O)c1ccccc1. The van der Waals surface area contributed by atoms with Crippen LogP contribution in [0.25, 0.3) is 0 Å². The fourth-order valence-corrected chi connectivity index (χ4v) is 2.37. The van der Waals surface area contributed by atoms with Crippen molar-refractivity contribution in [2.75, 3.05) is 6.54 Å². The van der Waals surface area contributed by atoms with Crippen LogP contribution in [0.2, 0.25) is 0 Å². The summed E-state index contributed by atoms with van der Waals surface area (Å²) >= 11 is 1.06. The molecule has 0 atom stereocenters. The summed E-state index contributed by atoms with van der Waals surface area (Å²) in [4.78, 5) is 24.4. The number of nitrogens with zero attached hydrogens (tertiary/aromatic N) is 2. The predicted molar refractivity (Wildman–Crippen MR) is 77.0 cm³/mol. The third kappa shape index (κ3) is 3.48. The van der Waals surface area contributed by atoms with E-state index in [1.807, 2.05) is 13.0 Å². The van der Waals surface area contributed by atoms with Gasteiger partial charge in [-0.15, -0.1) is 5.10 Å². The van der Waals surface area contributed by atoms with E-state index in [-0.39, 0.29) is 18.2 Å². The standard InChI is InChI=1S/C14H15N3O2S/c1-2-6-11-13(20-17-16-11)14(19)15-9-12(18)10-7-4-3-5-8-10/h3-5,7-8H,2,6,9H2,1H3,(H,15,19). The van der Waals surface area contributed by atoms with Gasteiger partial charge in [0.25, 0.3) is 5.91 Å². The number of carbonyl (C=O) groups excluding carboxylic acids is 2. The third-order valence-corrected chi connectivity index (χ3v) is 3.52. The quantitative estimate of drug-likeness (QED) is 0.827. The molecule has 0 unspecified atom stereocenters. The first-order chi connectivity index (χ1) is 9.72. The van der Waals surface area contributed by atoms with E-state index in [4.69, 9.17) is 0 Å². The van der Waals surface area contributed by atoms with E-state index in [1.54, 1.807) is 24.3 Å². The van der Waals surface area contributed by atoms with Crippen LogP contribution in [0, 0.1) is 0 Å². The van der Waals surface area contributed by atoms with E-state index in [0.717, 1.165) is 18.0 Å². The average molecular weight is 289 g/mol. The minimum Gasteiger partial charge on any atom is -0.344 e. The molecule has 0 aliphatic heterocycles. The Labute approximate surface area is 121 Å². The maximum Gasteiger partial charge on any atom is 0.265 e. The Bertz CT molecular complexity index is 595. The number of amides is 1. The van der Waals surface area contributed by atoms with Gasteiger partial charge >= 0.3 is 0 Å². The van der Waals surface area contributed by atoms with Crippen LogP contribution >= 0.6 is 11.5 Å². The van der Waals surface area contributed by atoms with Crippen molar-refractivity contribution in [3.8, 4) is 0 Å². The predicted octanol–water partition coefficient (Wildman–Crippen LogP) is 2.10. The normalized spacial score (nSPS) is 10.2. The summed E-state index contributed by atoms with van der Waals surface area (Å²) in [5, 5.41) is 6.56. The lowest BCUT2D eigenvalue weighted by molar-refractivity contribution is 0.0906. The maximum atomic E-state index is 12.0. The molecular formula is C14H15N3O2S. The molecule has 1 aromatic heterocycles. The van der Waals surface area contributed by atoms with E-state index >= 15 is 0 Å². The Hall–Kier alpha value is -2.08. The third-order valence-electron chi connectivity index (χ3n) is 2.75. The van der Waals surface area contributed by atoms with Crippen molar-refractivity contribution in [2.45, 2.75) is 19.8 Å². The Morgan fingerprint density at radius 1 is 1.25 bits per heavy atom. The fraction of sp³-hybridized carbons (Fsp3) is 0.286. The zero-order chi connectivity index (χ0) is 14.4. The molecule has 2 rings (SSSR count). The molecule has 0 spiro atoms. The summed E-state index contributed by atoms with van der Waals surface area (Å²) in [6, 6.07) is 8.88. The van der Waals surface area contributed by atoms with E-state index in [0.29, 0.717) is 22.6 Å². The van der Waals surface area contributed by atoms with Crippen LogP contribution < -0.4 is 5.32 Å². The first-order valence-corrected chi connectivity index (χ1v) is 7.17. The lowest BCUT2D eigenvalue weighted by Crippen LogP contribution is -2.29. The Balaban J connectivity index is 1.95. The van der Waals surface area contributed by atoms with Gasteiger partial charge in [0, 0.05) is 5.56 Å². The van der Waals surface area contributed by atoms with E-state index in [9.17, 15) is 9.59 Å². The van der Waals surface area contributed by atoms with E-state index in [2.05, 4.69) is 14.9 Å². The molecule has 0 fully saturated rings. The summed E-state index contributed by atoms with van der Waals surface area (Å²) in [6.45, 7) is 1.99. The number of benzene rings is 1. The molecule has 1 heterocycles. The number of ketones is 1. The van der Waals surface area contributed by atoms with Crippen LogP contribution in [0.4, 0.5) is 0 Å². The summed E-state index contributed by atoms with van der Waals surface area (Å²) in [7, 11) is 0. The molecule has 104 valence electrons. The molecule has 20 heavy (non-hydrogen) atoms. The van der Waals surface area contributed by atoms with Crippen LogP contribution in [0.15, 0.2) is 30.3 Å². The lowest BCUT2D eigenvalue weighted by Gasteiger charge is -2.04. The number of nitrogens with one attached hydrogen (secondary N) is 1. The highest BCUT2D eigenvalue weighted by atomic mass is 32.1. The second-order valence-electron chi connectivity index (χ2n) is 4.27. The van der Waals surface area contributed by atoms with Gasteiger partial charge in [0.2, 0.25) is 0 Å². The Morgan fingerprint density at radius 2 is 2.00 bits per heavy atom. The average Bonchev–Trinajstić information content (AvgIpc) is 2.94.